The second kappa shape index (κ2) is 5.82. The smallest absolute Gasteiger partial charge is 0.126 e. The predicted molar refractivity (Wildman–Crippen MR) is 72.1 cm³/mol. The molecule has 0 aliphatic heterocycles. The number of nitrogens with zero attached hydrogens (tertiary/aromatic N) is 2. The number of pyridine rings is 1. The lowest BCUT2D eigenvalue weighted by Gasteiger charge is -2.07. The van der Waals surface area contributed by atoms with Crippen molar-refractivity contribution in [2.24, 2.45) is 5.16 Å². The predicted octanol–water partition coefficient (Wildman–Crippen LogP) is 2.81. The fraction of sp³-hybridized carbons (Fsp3) is 0.143. The molecule has 1 aromatic heterocycles. The summed E-state index contributed by atoms with van der Waals surface area (Å²) in [5.74, 6) is 0.812. The molecule has 0 spiro atoms. The van der Waals surface area contributed by atoms with Crippen LogP contribution in [0.4, 0.5) is 5.82 Å². The molecule has 0 aliphatic carbocycles. The Hall–Kier alpha value is -2.36. The molecular weight excluding hydrogens is 226 g/mol. The summed E-state index contributed by atoms with van der Waals surface area (Å²) in [6, 6.07) is 13.9. The van der Waals surface area contributed by atoms with Gasteiger partial charge in [-0.15, -0.1) is 0 Å². The number of rotatable bonds is 4. The van der Waals surface area contributed by atoms with Crippen LogP contribution >= 0.6 is 0 Å². The molecule has 0 fully saturated rings. The molecule has 0 aliphatic rings. The van der Waals surface area contributed by atoms with Crippen molar-refractivity contribution >= 4 is 12.0 Å². The molecule has 1 heterocycles. The molecule has 2 N–H and O–H groups in total. The monoisotopic (exact) mass is 241 g/mol. The van der Waals surface area contributed by atoms with Crippen molar-refractivity contribution in [2.45, 2.75) is 13.5 Å². The van der Waals surface area contributed by atoms with Crippen LogP contribution in [-0.4, -0.2) is 16.4 Å². The summed E-state index contributed by atoms with van der Waals surface area (Å²) in [7, 11) is 0. The average Bonchev–Trinajstić information content (AvgIpc) is 2.41. The summed E-state index contributed by atoms with van der Waals surface area (Å²) in [6.45, 7) is 2.62. The van der Waals surface area contributed by atoms with E-state index in [1.54, 1.807) is 0 Å². The third-order valence-electron chi connectivity index (χ3n) is 2.64. The van der Waals surface area contributed by atoms with Gasteiger partial charge >= 0.3 is 0 Å². The normalized spacial score (nSPS) is 10.7. The van der Waals surface area contributed by atoms with E-state index in [1.165, 1.54) is 11.8 Å². The molecule has 2 aromatic rings. The van der Waals surface area contributed by atoms with Crippen molar-refractivity contribution in [3.63, 3.8) is 0 Å². The first-order chi connectivity index (χ1) is 8.79. The maximum Gasteiger partial charge on any atom is 0.126 e. The maximum absolute atomic E-state index is 8.49. The molecule has 0 radical (unpaired) electrons. The van der Waals surface area contributed by atoms with Crippen LogP contribution in [0.25, 0.3) is 0 Å². The van der Waals surface area contributed by atoms with E-state index in [1.807, 2.05) is 37.3 Å². The summed E-state index contributed by atoms with van der Waals surface area (Å²) in [5, 5.41) is 14.7. The number of oxime groups is 1. The molecule has 0 amide bonds. The first-order valence-electron chi connectivity index (χ1n) is 5.72. The molecule has 0 bridgehead atoms. The van der Waals surface area contributed by atoms with Crippen molar-refractivity contribution in [2.75, 3.05) is 5.32 Å². The number of hydrogen-bond donors (Lipinski definition) is 2. The van der Waals surface area contributed by atoms with E-state index in [2.05, 4.69) is 27.6 Å². The van der Waals surface area contributed by atoms with Gasteiger partial charge in [-0.25, -0.2) is 4.98 Å². The highest BCUT2D eigenvalue weighted by molar-refractivity contribution is 5.80. The lowest BCUT2D eigenvalue weighted by molar-refractivity contribution is 0.322. The zero-order valence-electron chi connectivity index (χ0n) is 10.2. The third-order valence-corrected chi connectivity index (χ3v) is 2.64. The van der Waals surface area contributed by atoms with Gasteiger partial charge in [0.05, 0.1) is 6.21 Å². The van der Waals surface area contributed by atoms with Gasteiger partial charge in [-0.1, -0.05) is 35.5 Å². The molecule has 0 saturated heterocycles. The van der Waals surface area contributed by atoms with Crippen LogP contribution in [0.1, 0.15) is 16.8 Å². The van der Waals surface area contributed by atoms with E-state index < -0.39 is 0 Å². The lowest BCUT2D eigenvalue weighted by Crippen LogP contribution is -2.03. The molecule has 0 atom stereocenters. The number of benzene rings is 1. The molecule has 4 heteroatoms. The van der Waals surface area contributed by atoms with E-state index >= 15 is 0 Å². The van der Waals surface area contributed by atoms with Gasteiger partial charge in [-0.05, 0) is 24.6 Å². The molecule has 4 nitrogen and oxygen atoms in total. The highest BCUT2D eigenvalue weighted by atomic mass is 16.4. The van der Waals surface area contributed by atoms with Crippen molar-refractivity contribution in [1.29, 1.82) is 0 Å². The van der Waals surface area contributed by atoms with Gasteiger partial charge in [-0.2, -0.15) is 0 Å². The molecular formula is C14H15N3O. The number of anilines is 1. The summed E-state index contributed by atoms with van der Waals surface area (Å²) in [6.07, 6.45) is 1.38. The maximum atomic E-state index is 8.49. The van der Waals surface area contributed by atoms with E-state index in [4.69, 9.17) is 5.21 Å². The van der Waals surface area contributed by atoms with Gasteiger partial charge in [-0.3, -0.25) is 0 Å². The molecule has 92 valence electrons. The van der Waals surface area contributed by atoms with Crippen molar-refractivity contribution in [3.05, 3.63) is 59.3 Å². The van der Waals surface area contributed by atoms with E-state index in [9.17, 15) is 0 Å². The first kappa shape index (κ1) is 12.1. The fourth-order valence-corrected chi connectivity index (χ4v) is 1.66. The van der Waals surface area contributed by atoms with Crippen LogP contribution in [0, 0.1) is 6.92 Å². The quantitative estimate of drug-likeness (QED) is 0.491. The zero-order chi connectivity index (χ0) is 12.8. The van der Waals surface area contributed by atoms with Crippen molar-refractivity contribution < 1.29 is 5.21 Å². The Bertz CT molecular complexity index is 538. The first-order valence-corrected chi connectivity index (χ1v) is 5.72. The highest BCUT2D eigenvalue weighted by Gasteiger charge is 2.00. The number of hydrogen-bond acceptors (Lipinski definition) is 4. The number of aromatic nitrogens is 1. The van der Waals surface area contributed by atoms with Gasteiger partial charge in [0.2, 0.25) is 0 Å². The average molecular weight is 241 g/mol. The van der Waals surface area contributed by atoms with Gasteiger partial charge in [0.15, 0.2) is 0 Å². The minimum Gasteiger partial charge on any atom is -0.411 e. The van der Waals surface area contributed by atoms with Gasteiger partial charge in [0.25, 0.3) is 0 Å². The fourth-order valence-electron chi connectivity index (χ4n) is 1.66. The van der Waals surface area contributed by atoms with E-state index in [0.29, 0.717) is 0 Å². The summed E-state index contributed by atoms with van der Waals surface area (Å²) in [5.41, 5.74) is 2.84. The van der Waals surface area contributed by atoms with Crippen molar-refractivity contribution in [1.82, 2.24) is 4.98 Å². The van der Waals surface area contributed by atoms with Gasteiger partial charge in [0.1, 0.15) is 5.82 Å². The Morgan fingerprint density at radius 1 is 1.22 bits per heavy atom. The Morgan fingerprint density at radius 3 is 2.67 bits per heavy atom. The van der Waals surface area contributed by atoms with Crippen LogP contribution in [-0.2, 0) is 6.54 Å². The minimum atomic E-state index is 0.737. The topological polar surface area (TPSA) is 57.5 Å². The molecule has 0 unspecified atom stereocenters. The number of nitrogens with one attached hydrogen (secondary N) is 1. The van der Waals surface area contributed by atoms with Crippen LogP contribution in [0.2, 0.25) is 0 Å². The molecule has 2 rings (SSSR count). The van der Waals surface area contributed by atoms with Crippen LogP contribution < -0.4 is 5.32 Å². The van der Waals surface area contributed by atoms with Gasteiger partial charge in [0, 0.05) is 17.8 Å². The lowest BCUT2D eigenvalue weighted by atomic mass is 10.2. The standard InChI is InChI=1S/C14H15N3O/c1-11-13(10-16-18)7-8-14(17-11)15-9-12-5-3-2-4-6-12/h2-8,10,18H,9H2,1H3,(H,15,17). The summed E-state index contributed by atoms with van der Waals surface area (Å²) >= 11 is 0. The number of aryl methyl sites for hydroxylation is 1. The third kappa shape index (κ3) is 3.07. The molecule has 1 aromatic carbocycles. The van der Waals surface area contributed by atoms with E-state index in [-0.39, 0.29) is 0 Å². The van der Waals surface area contributed by atoms with Crippen LogP contribution in [0.15, 0.2) is 47.6 Å². The highest BCUT2D eigenvalue weighted by Crippen LogP contribution is 2.10. The second-order valence-corrected chi connectivity index (χ2v) is 3.95. The second-order valence-electron chi connectivity index (χ2n) is 3.95. The van der Waals surface area contributed by atoms with Crippen LogP contribution in [0.3, 0.4) is 0 Å². The summed E-state index contributed by atoms with van der Waals surface area (Å²) in [4.78, 5) is 4.39. The Kier molecular flexibility index (Phi) is 3.91. The van der Waals surface area contributed by atoms with Crippen molar-refractivity contribution in [3.8, 4) is 0 Å². The Morgan fingerprint density at radius 2 is 2.00 bits per heavy atom. The van der Waals surface area contributed by atoms with Gasteiger partial charge < -0.3 is 10.5 Å². The summed E-state index contributed by atoms with van der Waals surface area (Å²) < 4.78 is 0. The minimum absolute atomic E-state index is 0.737. The molecule has 18 heavy (non-hydrogen) atoms. The Labute approximate surface area is 106 Å². The largest absolute Gasteiger partial charge is 0.411 e. The van der Waals surface area contributed by atoms with E-state index in [0.717, 1.165) is 23.6 Å². The van der Waals surface area contributed by atoms with Crippen LogP contribution in [0.5, 0.6) is 0 Å². The zero-order valence-corrected chi connectivity index (χ0v) is 10.2. The Balaban J connectivity index is 2.04. The molecule has 0 saturated carbocycles. The SMILES string of the molecule is Cc1nc(NCc2ccccc2)ccc1C=NO.